The van der Waals surface area contributed by atoms with E-state index < -0.39 is 0 Å². The number of ether oxygens (including phenoxy) is 1. The number of hydrogen-bond acceptors (Lipinski definition) is 3. The molecule has 1 aliphatic heterocycles. The fraction of sp³-hybridized carbons (Fsp3) is 0.562. The number of nitrogens with zero attached hydrogens (tertiary/aromatic N) is 1. The maximum absolute atomic E-state index is 11.6. The van der Waals surface area contributed by atoms with Gasteiger partial charge in [0.2, 0.25) is 0 Å². The lowest BCUT2D eigenvalue weighted by Gasteiger charge is -2.31. The van der Waals surface area contributed by atoms with Gasteiger partial charge in [-0.05, 0) is 36.9 Å². The van der Waals surface area contributed by atoms with Gasteiger partial charge in [0.15, 0.2) is 0 Å². The van der Waals surface area contributed by atoms with Crippen LogP contribution in [0.5, 0.6) is 0 Å². The van der Waals surface area contributed by atoms with Crippen LogP contribution in [0.15, 0.2) is 24.3 Å². The Kier molecular flexibility index (Phi) is 4.97. The van der Waals surface area contributed by atoms with Crippen molar-refractivity contribution in [3.63, 3.8) is 0 Å². The molecule has 104 valence electrons. The summed E-state index contributed by atoms with van der Waals surface area (Å²) < 4.78 is 4.85. The minimum atomic E-state index is -0.0639. The molecule has 0 aliphatic carbocycles. The van der Waals surface area contributed by atoms with Gasteiger partial charge in [0, 0.05) is 13.1 Å². The van der Waals surface area contributed by atoms with Crippen LogP contribution >= 0.6 is 0 Å². The Labute approximate surface area is 115 Å². The zero-order valence-electron chi connectivity index (χ0n) is 11.9. The number of likely N-dealkylation sites (tertiary alicyclic amines) is 1. The SMILES string of the molecule is CCc1ccc(CN2CCC[C@H](C(=O)OC)C2)cc1. The molecule has 2 rings (SSSR count). The van der Waals surface area contributed by atoms with Crippen molar-refractivity contribution in [2.24, 2.45) is 5.92 Å². The maximum atomic E-state index is 11.6. The van der Waals surface area contributed by atoms with Gasteiger partial charge in [-0.1, -0.05) is 31.2 Å². The lowest BCUT2D eigenvalue weighted by Crippen LogP contribution is -2.38. The van der Waals surface area contributed by atoms with Gasteiger partial charge in [-0.2, -0.15) is 0 Å². The molecule has 3 heteroatoms. The fourth-order valence-electron chi connectivity index (χ4n) is 2.70. The van der Waals surface area contributed by atoms with Gasteiger partial charge in [-0.25, -0.2) is 0 Å². The summed E-state index contributed by atoms with van der Waals surface area (Å²) in [6.07, 6.45) is 3.11. The van der Waals surface area contributed by atoms with Gasteiger partial charge in [0.25, 0.3) is 0 Å². The number of esters is 1. The van der Waals surface area contributed by atoms with Crippen LogP contribution in [0.3, 0.4) is 0 Å². The first-order valence-corrected chi connectivity index (χ1v) is 7.11. The molecule has 1 aromatic rings. The number of benzene rings is 1. The van der Waals surface area contributed by atoms with Gasteiger partial charge in [0.1, 0.15) is 0 Å². The Morgan fingerprint density at radius 2 is 2.00 bits per heavy atom. The summed E-state index contributed by atoms with van der Waals surface area (Å²) in [6.45, 7) is 4.99. The number of methoxy groups -OCH3 is 1. The molecule has 0 unspecified atom stereocenters. The second-order valence-electron chi connectivity index (χ2n) is 5.27. The standard InChI is InChI=1S/C16H23NO2/c1-3-13-6-8-14(9-7-13)11-17-10-4-5-15(12-17)16(18)19-2/h6-9,15H,3-5,10-12H2,1-2H3/t15-/m0/s1. The lowest BCUT2D eigenvalue weighted by atomic mass is 9.97. The molecule has 0 spiro atoms. The van der Waals surface area contributed by atoms with Crippen LogP contribution in [0.4, 0.5) is 0 Å². The van der Waals surface area contributed by atoms with Crippen molar-refractivity contribution in [1.82, 2.24) is 4.90 Å². The molecular formula is C16H23NO2. The molecule has 3 nitrogen and oxygen atoms in total. The number of piperidine rings is 1. The molecule has 1 aromatic carbocycles. The monoisotopic (exact) mass is 261 g/mol. The second kappa shape index (κ2) is 6.71. The van der Waals surface area contributed by atoms with Crippen molar-refractivity contribution in [3.05, 3.63) is 35.4 Å². The zero-order chi connectivity index (χ0) is 13.7. The highest BCUT2D eigenvalue weighted by molar-refractivity contribution is 5.72. The highest BCUT2D eigenvalue weighted by atomic mass is 16.5. The van der Waals surface area contributed by atoms with Gasteiger partial charge in [-0.3, -0.25) is 9.69 Å². The Morgan fingerprint density at radius 3 is 2.63 bits per heavy atom. The Hall–Kier alpha value is -1.35. The van der Waals surface area contributed by atoms with E-state index in [0.717, 1.165) is 38.9 Å². The predicted octanol–water partition coefficient (Wildman–Crippen LogP) is 2.63. The summed E-state index contributed by atoms with van der Waals surface area (Å²) in [4.78, 5) is 14.0. The van der Waals surface area contributed by atoms with E-state index in [1.165, 1.54) is 18.2 Å². The van der Waals surface area contributed by atoms with Crippen molar-refractivity contribution in [3.8, 4) is 0 Å². The van der Waals surface area contributed by atoms with E-state index in [0.29, 0.717) is 0 Å². The topological polar surface area (TPSA) is 29.5 Å². The molecule has 1 atom stereocenters. The van der Waals surface area contributed by atoms with Crippen LogP contribution in [-0.4, -0.2) is 31.1 Å². The third-order valence-electron chi connectivity index (χ3n) is 3.88. The van der Waals surface area contributed by atoms with Crippen molar-refractivity contribution in [1.29, 1.82) is 0 Å². The van der Waals surface area contributed by atoms with Gasteiger partial charge < -0.3 is 4.74 Å². The van der Waals surface area contributed by atoms with Gasteiger partial charge >= 0.3 is 5.97 Å². The first-order chi connectivity index (χ1) is 9.22. The average Bonchev–Trinajstić information content (AvgIpc) is 2.47. The van der Waals surface area contributed by atoms with E-state index in [2.05, 4.69) is 36.1 Å². The van der Waals surface area contributed by atoms with Crippen molar-refractivity contribution >= 4 is 5.97 Å². The number of carbonyl (C=O) groups is 1. The highest BCUT2D eigenvalue weighted by Crippen LogP contribution is 2.19. The highest BCUT2D eigenvalue weighted by Gasteiger charge is 2.26. The minimum absolute atomic E-state index is 0.0497. The molecule has 0 bridgehead atoms. The summed E-state index contributed by atoms with van der Waals surface area (Å²) in [5.41, 5.74) is 2.69. The molecule has 0 amide bonds. The molecule has 1 fully saturated rings. The Bertz CT molecular complexity index is 413. The molecule has 0 aromatic heterocycles. The van der Waals surface area contributed by atoms with Crippen molar-refractivity contribution in [2.75, 3.05) is 20.2 Å². The van der Waals surface area contributed by atoms with E-state index in [-0.39, 0.29) is 11.9 Å². The second-order valence-corrected chi connectivity index (χ2v) is 5.27. The van der Waals surface area contributed by atoms with Gasteiger partial charge in [-0.15, -0.1) is 0 Å². The van der Waals surface area contributed by atoms with E-state index in [9.17, 15) is 4.79 Å². The van der Waals surface area contributed by atoms with Crippen LogP contribution in [0.2, 0.25) is 0 Å². The molecule has 0 N–H and O–H groups in total. The number of carbonyl (C=O) groups excluding carboxylic acids is 1. The van der Waals surface area contributed by atoms with E-state index in [4.69, 9.17) is 4.74 Å². The van der Waals surface area contributed by atoms with Crippen LogP contribution < -0.4 is 0 Å². The smallest absolute Gasteiger partial charge is 0.309 e. The molecule has 1 aliphatic rings. The van der Waals surface area contributed by atoms with Crippen LogP contribution in [0, 0.1) is 5.92 Å². The number of rotatable bonds is 4. The Balaban J connectivity index is 1.92. The quantitative estimate of drug-likeness (QED) is 0.780. The van der Waals surface area contributed by atoms with E-state index in [1.54, 1.807) is 0 Å². The Morgan fingerprint density at radius 1 is 1.32 bits per heavy atom. The third-order valence-corrected chi connectivity index (χ3v) is 3.88. The third kappa shape index (κ3) is 3.80. The summed E-state index contributed by atoms with van der Waals surface area (Å²) in [6, 6.07) is 8.77. The first kappa shape index (κ1) is 14.1. The fourth-order valence-corrected chi connectivity index (χ4v) is 2.70. The number of hydrogen-bond donors (Lipinski definition) is 0. The molecular weight excluding hydrogens is 238 g/mol. The first-order valence-electron chi connectivity index (χ1n) is 7.11. The van der Waals surface area contributed by atoms with Gasteiger partial charge in [0.05, 0.1) is 13.0 Å². The summed E-state index contributed by atoms with van der Waals surface area (Å²) in [7, 11) is 1.48. The summed E-state index contributed by atoms with van der Waals surface area (Å²) >= 11 is 0. The van der Waals surface area contributed by atoms with E-state index in [1.807, 2.05) is 0 Å². The van der Waals surface area contributed by atoms with Crippen molar-refractivity contribution in [2.45, 2.75) is 32.7 Å². The average molecular weight is 261 g/mol. The largest absolute Gasteiger partial charge is 0.469 e. The lowest BCUT2D eigenvalue weighted by molar-refractivity contribution is -0.147. The molecule has 19 heavy (non-hydrogen) atoms. The van der Waals surface area contributed by atoms with Crippen LogP contribution in [-0.2, 0) is 22.5 Å². The summed E-state index contributed by atoms with van der Waals surface area (Å²) in [5, 5.41) is 0. The van der Waals surface area contributed by atoms with E-state index >= 15 is 0 Å². The van der Waals surface area contributed by atoms with Crippen LogP contribution in [0.25, 0.3) is 0 Å². The van der Waals surface area contributed by atoms with Crippen molar-refractivity contribution < 1.29 is 9.53 Å². The van der Waals surface area contributed by atoms with Crippen LogP contribution in [0.1, 0.15) is 30.9 Å². The summed E-state index contributed by atoms with van der Waals surface area (Å²) in [5.74, 6) is -0.0142. The maximum Gasteiger partial charge on any atom is 0.309 e. The normalized spacial score (nSPS) is 20.2. The zero-order valence-corrected chi connectivity index (χ0v) is 11.9. The molecule has 1 heterocycles. The predicted molar refractivity (Wildman–Crippen MR) is 75.8 cm³/mol. The minimum Gasteiger partial charge on any atom is -0.469 e. The molecule has 0 saturated carbocycles. The number of aryl methyl sites for hydroxylation is 1. The molecule has 0 radical (unpaired) electrons. The molecule has 1 saturated heterocycles.